The second kappa shape index (κ2) is 10.1. The lowest BCUT2D eigenvalue weighted by Gasteiger charge is -2.14. The number of phenols is 2. The molecule has 0 saturated carbocycles. The monoisotopic (exact) mass is 454 g/mol. The van der Waals surface area contributed by atoms with Crippen LogP contribution in [0.25, 0.3) is 0 Å². The van der Waals surface area contributed by atoms with E-state index in [9.17, 15) is 15.0 Å². The summed E-state index contributed by atoms with van der Waals surface area (Å²) in [5.41, 5.74) is 4.55. The highest BCUT2D eigenvalue weighted by molar-refractivity contribution is 5.68. The largest absolute Gasteiger partial charge is 0.519 e. The van der Waals surface area contributed by atoms with Crippen LogP contribution in [0.15, 0.2) is 84.9 Å². The van der Waals surface area contributed by atoms with Gasteiger partial charge in [0.2, 0.25) is 0 Å². The summed E-state index contributed by atoms with van der Waals surface area (Å²) in [6.07, 6.45) is -0.0535. The molecule has 0 spiro atoms. The number of carbonyl (C=O) groups is 1. The molecule has 5 nitrogen and oxygen atoms in total. The Morgan fingerprint density at radius 1 is 0.588 bits per heavy atom. The maximum Gasteiger partial charge on any atom is 0.519 e. The normalized spacial score (nSPS) is 10.6. The van der Waals surface area contributed by atoms with E-state index in [1.165, 1.54) is 0 Å². The molecule has 0 bridgehead atoms. The van der Waals surface area contributed by atoms with E-state index in [2.05, 4.69) is 0 Å². The second-order valence-corrected chi connectivity index (χ2v) is 8.19. The van der Waals surface area contributed by atoms with Crippen LogP contribution in [-0.4, -0.2) is 16.4 Å². The average molecular weight is 455 g/mol. The van der Waals surface area contributed by atoms with Crippen molar-refractivity contribution in [1.29, 1.82) is 0 Å². The van der Waals surface area contributed by atoms with Crippen molar-refractivity contribution >= 4 is 6.16 Å². The molecule has 172 valence electrons. The van der Waals surface area contributed by atoms with Gasteiger partial charge in [-0.2, -0.15) is 0 Å². The van der Waals surface area contributed by atoms with Gasteiger partial charge in [0, 0.05) is 12.8 Å². The molecule has 0 fully saturated rings. The van der Waals surface area contributed by atoms with Crippen LogP contribution in [0.3, 0.4) is 0 Å². The molecule has 4 aromatic carbocycles. The lowest BCUT2D eigenvalue weighted by atomic mass is 10.0. The SMILES string of the molecule is Cc1cccc(Cc2ccccc2OC(=O)Oc2ccccc2Cc2cccc(C)c2O)c1O. The van der Waals surface area contributed by atoms with Crippen molar-refractivity contribution in [1.82, 2.24) is 0 Å². The summed E-state index contributed by atoms with van der Waals surface area (Å²) >= 11 is 0. The lowest BCUT2D eigenvalue weighted by Crippen LogP contribution is -2.15. The molecule has 0 saturated heterocycles. The van der Waals surface area contributed by atoms with E-state index in [1.54, 1.807) is 24.3 Å². The van der Waals surface area contributed by atoms with Gasteiger partial charge in [-0.05, 0) is 59.4 Å². The molecule has 4 aromatic rings. The van der Waals surface area contributed by atoms with Gasteiger partial charge >= 0.3 is 6.16 Å². The third-order valence-electron chi connectivity index (χ3n) is 5.74. The summed E-state index contributed by atoms with van der Waals surface area (Å²) in [4.78, 5) is 12.7. The van der Waals surface area contributed by atoms with Crippen molar-refractivity contribution < 1.29 is 24.5 Å². The minimum atomic E-state index is -0.859. The van der Waals surface area contributed by atoms with Gasteiger partial charge in [0.05, 0.1) is 0 Å². The molecule has 0 amide bonds. The van der Waals surface area contributed by atoms with Crippen LogP contribution in [0.5, 0.6) is 23.0 Å². The van der Waals surface area contributed by atoms with Crippen LogP contribution in [0.1, 0.15) is 33.4 Å². The van der Waals surface area contributed by atoms with Crippen molar-refractivity contribution in [3.63, 3.8) is 0 Å². The number of aromatic hydroxyl groups is 2. The summed E-state index contributed by atoms with van der Waals surface area (Å²) in [6.45, 7) is 3.68. The molecular formula is C29H26O5. The minimum Gasteiger partial charge on any atom is -0.507 e. The van der Waals surface area contributed by atoms with Gasteiger partial charge < -0.3 is 19.7 Å². The molecule has 0 atom stereocenters. The highest BCUT2D eigenvalue weighted by Gasteiger charge is 2.16. The van der Waals surface area contributed by atoms with Crippen LogP contribution in [-0.2, 0) is 12.8 Å². The first-order valence-electron chi connectivity index (χ1n) is 11.0. The molecule has 0 aromatic heterocycles. The van der Waals surface area contributed by atoms with Gasteiger partial charge in [-0.3, -0.25) is 0 Å². The van der Waals surface area contributed by atoms with Gasteiger partial charge in [-0.15, -0.1) is 0 Å². The fraction of sp³-hybridized carbons (Fsp3) is 0.138. The van der Waals surface area contributed by atoms with Gasteiger partial charge in [-0.25, -0.2) is 4.79 Å². The van der Waals surface area contributed by atoms with E-state index in [0.29, 0.717) is 24.3 Å². The minimum absolute atomic E-state index is 0.230. The van der Waals surface area contributed by atoms with Crippen LogP contribution >= 0.6 is 0 Å². The topological polar surface area (TPSA) is 76.0 Å². The first kappa shape index (κ1) is 22.9. The molecule has 0 unspecified atom stereocenters. The predicted octanol–water partition coefficient (Wildman–Crippen LogP) is 6.47. The number of ether oxygens (including phenoxy) is 2. The highest BCUT2D eigenvalue weighted by Crippen LogP contribution is 2.30. The standard InChI is InChI=1S/C29H26O5/c1-19-9-7-13-23(27(19)30)17-21-11-3-5-15-25(21)33-29(32)34-26-16-6-4-12-22(26)18-24-14-8-10-20(2)28(24)31/h3-16,30-31H,17-18H2,1-2H3. The maximum atomic E-state index is 12.7. The molecule has 0 aliphatic heterocycles. The zero-order valence-electron chi connectivity index (χ0n) is 19.1. The number of para-hydroxylation sites is 4. The summed E-state index contributed by atoms with van der Waals surface area (Å²) in [7, 11) is 0. The number of carbonyl (C=O) groups excluding carboxylic acids is 1. The first-order valence-corrected chi connectivity index (χ1v) is 11.0. The third-order valence-corrected chi connectivity index (χ3v) is 5.74. The zero-order chi connectivity index (χ0) is 24.1. The van der Waals surface area contributed by atoms with Crippen molar-refractivity contribution in [2.75, 3.05) is 0 Å². The molecule has 0 radical (unpaired) electrons. The molecule has 5 heteroatoms. The fourth-order valence-corrected chi connectivity index (χ4v) is 3.83. The number of rotatable bonds is 6. The lowest BCUT2D eigenvalue weighted by molar-refractivity contribution is 0.151. The highest BCUT2D eigenvalue weighted by atomic mass is 16.7. The molecule has 0 aliphatic rings. The van der Waals surface area contributed by atoms with Crippen LogP contribution in [0.4, 0.5) is 4.79 Å². The average Bonchev–Trinajstić information content (AvgIpc) is 2.82. The number of benzene rings is 4. The summed E-state index contributed by atoms with van der Waals surface area (Å²) in [5.74, 6) is 1.19. The van der Waals surface area contributed by atoms with Crippen LogP contribution in [0, 0.1) is 13.8 Å². The summed E-state index contributed by atoms with van der Waals surface area (Å²) in [6, 6.07) is 25.5. The second-order valence-electron chi connectivity index (χ2n) is 8.19. The maximum absolute atomic E-state index is 12.7. The van der Waals surface area contributed by atoms with E-state index >= 15 is 0 Å². The van der Waals surface area contributed by atoms with Gasteiger partial charge in [-0.1, -0.05) is 72.8 Å². The first-order chi connectivity index (χ1) is 16.4. The Hall–Kier alpha value is -4.25. The third kappa shape index (κ3) is 5.21. The van der Waals surface area contributed by atoms with Gasteiger partial charge in [0.25, 0.3) is 0 Å². The predicted molar refractivity (Wildman–Crippen MR) is 131 cm³/mol. The van der Waals surface area contributed by atoms with E-state index in [4.69, 9.17) is 9.47 Å². The zero-order valence-corrected chi connectivity index (χ0v) is 19.1. The molecule has 2 N–H and O–H groups in total. The summed E-state index contributed by atoms with van der Waals surface area (Å²) in [5, 5.41) is 20.7. The Balaban J connectivity index is 1.51. The Kier molecular flexibility index (Phi) is 6.83. The van der Waals surface area contributed by atoms with E-state index < -0.39 is 6.16 Å². The number of aryl methyl sites for hydroxylation is 2. The van der Waals surface area contributed by atoms with Crippen molar-refractivity contribution in [2.24, 2.45) is 0 Å². The van der Waals surface area contributed by atoms with E-state index in [-0.39, 0.29) is 11.5 Å². The summed E-state index contributed by atoms with van der Waals surface area (Å²) < 4.78 is 11.1. The van der Waals surface area contributed by atoms with Gasteiger partial charge in [0.15, 0.2) is 0 Å². The Bertz CT molecular complexity index is 1220. The number of phenolic OH excluding ortho intramolecular Hbond substituents is 2. The molecule has 0 aliphatic carbocycles. The van der Waals surface area contributed by atoms with Crippen molar-refractivity contribution in [3.8, 4) is 23.0 Å². The molecule has 0 heterocycles. The van der Waals surface area contributed by atoms with Crippen LogP contribution in [0.2, 0.25) is 0 Å². The van der Waals surface area contributed by atoms with Crippen molar-refractivity contribution in [3.05, 3.63) is 118 Å². The fourth-order valence-electron chi connectivity index (χ4n) is 3.83. The molecule has 34 heavy (non-hydrogen) atoms. The molecule has 4 rings (SSSR count). The van der Waals surface area contributed by atoms with E-state index in [0.717, 1.165) is 33.4 Å². The number of hydrogen-bond acceptors (Lipinski definition) is 5. The Morgan fingerprint density at radius 2 is 0.971 bits per heavy atom. The Labute approximate surface area is 198 Å². The Morgan fingerprint density at radius 3 is 1.41 bits per heavy atom. The van der Waals surface area contributed by atoms with Crippen molar-refractivity contribution in [2.45, 2.75) is 26.7 Å². The van der Waals surface area contributed by atoms with E-state index in [1.807, 2.05) is 74.5 Å². The quantitative estimate of drug-likeness (QED) is 0.258. The number of hydrogen-bond donors (Lipinski definition) is 2. The van der Waals surface area contributed by atoms with Gasteiger partial charge in [0.1, 0.15) is 23.0 Å². The smallest absolute Gasteiger partial charge is 0.507 e. The van der Waals surface area contributed by atoms with Crippen LogP contribution < -0.4 is 9.47 Å². The molecular weight excluding hydrogens is 428 g/mol.